The van der Waals surface area contributed by atoms with Gasteiger partial charge in [0.15, 0.2) is 0 Å². The lowest BCUT2D eigenvalue weighted by Crippen LogP contribution is -2.34. The summed E-state index contributed by atoms with van der Waals surface area (Å²) in [5, 5.41) is 8.90. The number of hydrogen-bond acceptors (Lipinski definition) is 4. The smallest absolute Gasteiger partial charge is 0.227 e. The normalized spacial score (nSPS) is 23.3. The first-order valence-corrected chi connectivity index (χ1v) is 8.35. The number of fused-ring (bicyclic) bond motifs is 3. The van der Waals surface area contributed by atoms with Crippen molar-refractivity contribution in [3.05, 3.63) is 42.1 Å². The van der Waals surface area contributed by atoms with Crippen molar-refractivity contribution in [2.75, 3.05) is 11.4 Å². The average molecular weight is 308 g/mol. The Morgan fingerprint density at radius 1 is 1.22 bits per heavy atom. The van der Waals surface area contributed by atoms with Gasteiger partial charge in [-0.25, -0.2) is 4.98 Å². The Morgan fingerprint density at radius 3 is 2.96 bits per heavy atom. The van der Waals surface area contributed by atoms with E-state index in [9.17, 15) is 0 Å². The van der Waals surface area contributed by atoms with E-state index >= 15 is 0 Å². The van der Waals surface area contributed by atoms with Crippen LogP contribution in [0.1, 0.15) is 30.8 Å². The maximum atomic E-state index is 4.66. The first-order valence-electron chi connectivity index (χ1n) is 8.35. The third kappa shape index (κ3) is 2.04. The summed E-state index contributed by atoms with van der Waals surface area (Å²) in [5.74, 6) is 2.86. The van der Waals surface area contributed by atoms with Crippen molar-refractivity contribution >= 4 is 11.6 Å². The van der Waals surface area contributed by atoms with Gasteiger partial charge in [-0.2, -0.15) is 0 Å². The molecule has 0 N–H and O–H groups in total. The average Bonchev–Trinajstić information content (AvgIpc) is 3.31. The van der Waals surface area contributed by atoms with Crippen LogP contribution in [-0.4, -0.2) is 36.7 Å². The first-order chi connectivity index (χ1) is 11.3. The third-order valence-corrected chi connectivity index (χ3v) is 5.36. The van der Waals surface area contributed by atoms with Crippen LogP contribution >= 0.6 is 0 Å². The number of pyridine rings is 1. The van der Waals surface area contributed by atoms with Gasteiger partial charge in [-0.1, -0.05) is 6.07 Å². The molecule has 3 aromatic rings. The molecular weight excluding hydrogens is 288 g/mol. The predicted octanol–water partition coefficient (Wildman–Crippen LogP) is 2.04. The van der Waals surface area contributed by atoms with Crippen molar-refractivity contribution in [3.63, 3.8) is 0 Å². The lowest BCUT2D eigenvalue weighted by molar-refractivity contribution is 0.541. The van der Waals surface area contributed by atoms with Crippen molar-refractivity contribution in [3.8, 4) is 0 Å². The standard InChI is InChI=1S/C17H20N6/c1-21-16(9-13-11-22-7-3-2-4-15(22)18-13)19-20-17(21)23-10-12-5-6-14(23)8-12/h2-4,7,11-12,14H,5-6,8-10H2,1H3. The highest BCUT2D eigenvalue weighted by Crippen LogP contribution is 2.39. The predicted molar refractivity (Wildman–Crippen MR) is 87.5 cm³/mol. The topological polar surface area (TPSA) is 51.3 Å². The molecule has 2 bridgehead atoms. The first kappa shape index (κ1) is 13.1. The zero-order valence-corrected chi connectivity index (χ0v) is 13.3. The highest BCUT2D eigenvalue weighted by molar-refractivity contribution is 5.41. The number of aromatic nitrogens is 5. The van der Waals surface area contributed by atoms with E-state index in [0.29, 0.717) is 12.5 Å². The second kappa shape index (κ2) is 4.81. The summed E-state index contributed by atoms with van der Waals surface area (Å²) in [7, 11) is 2.08. The van der Waals surface area contributed by atoms with Gasteiger partial charge in [0.05, 0.1) is 12.1 Å². The molecular formula is C17H20N6. The van der Waals surface area contributed by atoms with Crippen LogP contribution in [0.25, 0.3) is 5.65 Å². The summed E-state index contributed by atoms with van der Waals surface area (Å²) in [4.78, 5) is 7.12. The Balaban J connectivity index is 1.43. The molecule has 0 spiro atoms. The molecule has 1 saturated carbocycles. The third-order valence-electron chi connectivity index (χ3n) is 5.36. The fraction of sp³-hybridized carbons (Fsp3) is 0.471. The van der Waals surface area contributed by atoms with E-state index < -0.39 is 0 Å². The summed E-state index contributed by atoms with van der Waals surface area (Å²) < 4.78 is 4.19. The van der Waals surface area contributed by atoms with Crippen molar-refractivity contribution in [2.45, 2.75) is 31.7 Å². The van der Waals surface area contributed by atoms with Crippen LogP contribution in [-0.2, 0) is 13.5 Å². The monoisotopic (exact) mass is 308 g/mol. The number of anilines is 1. The van der Waals surface area contributed by atoms with Gasteiger partial charge in [-0.15, -0.1) is 10.2 Å². The Kier molecular flexibility index (Phi) is 2.74. The molecule has 2 atom stereocenters. The molecule has 1 saturated heterocycles. The van der Waals surface area contributed by atoms with Crippen molar-refractivity contribution in [1.29, 1.82) is 0 Å². The number of imidazole rings is 1. The van der Waals surface area contributed by atoms with E-state index in [1.807, 2.05) is 28.8 Å². The molecule has 2 aliphatic rings. The summed E-state index contributed by atoms with van der Waals surface area (Å²) >= 11 is 0. The minimum atomic E-state index is 0.672. The zero-order chi connectivity index (χ0) is 15.4. The molecule has 4 heterocycles. The number of rotatable bonds is 3. The summed E-state index contributed by atoms with van der Waals surface area (Å²) in [6.45, 7) is 1.14. The van der Waals surface area contributed by atoms with Gasteiger partial charge in [0.2, 0.25) is 5.95 Å². The van der Waals surface area contributed by atoms with E-state index in [1.165, 1.54) is 19.3 Å². The van der Waals surface area contributed by atoms with E-state index in [1.54, 1.807) is 0 Å². The second-order valence-corrected chi connectivity index (χ2v) is 6.84. The molecule has 118 valence electrons. The molecule has 2 unspecified atom stereocenters. The van der Waals surface area contributed by atoms with Gasteiger partial charge in [0.1, 0.15) is 11.5 Å². The number of nitrogens with zero attached hydrogens (tertiary/aromatic N) is 6. The van der Waals surface area contributed by atoms with Gasteiger partial charge in [-0.3, -0.25) is 0 Å². The molecule has 0 radical (unpaired) electrons. The molecule has 6 heteroatoms. The largest absolute Gasteiger partial charge is 0.338 e. The Bertz CT molecular complexity index is 830. The van der Waals surface area contributed by atoms with E-state index in [4.69, 9.17) is 0 Å². The Labute approximate surface area is 134 Å². The molecule has 5 rings (SSSR count). The summed E-state index contributed by atoms with van der Waals surface area (Å²) in [6, 6.07) is 6.72. The van der Waals surface area contributed by atoms with Crippen LogP contribution in [0.4, 0.5) is 5.95 Å². The molecule has 0 aromatic carbocycles. The molecule has 1 aliphatic carbocycles. The van der Waals surface area contributed by atoms with Crippen molar-refractivity contribution in [2.24, 2.45) is 13.0 Å². The SMILES string of the molecule is Cn1c(Cc2cn3ccccc3n2)nnc1N1CC2CCC1C2. The van der Waals surface area contributed by atoms with Crippen molar-refractivity contribution < 1.29 is 0 Å². The fourth-order valence-electron chi connectivity index (χ4n) is 4.16. The molecule has 6 nitrogen and oxygen atoms in total. The van der Waals surface area contributed by atoms with Gasteiger partial charge in [0, 0.05) is 32.0 Å². The maximum Gasteiger partial charge on any atom is 0.227 e. The number of hydrogen-bond donors (Lipinski definition) is 0. The lowest BCUT2D eigenvalue weighted by Gasteiger charge is -2.27. The molecule has 23 heavy (non-hydrogen) atoms. The van der Waals surface area contributed by atoms with Gasteiger partial charge >= 0.3 is 0 Å². The van der Waals surface area contributed by atoms with Crippen LogP contribution in [0.15, 0.2) is 30.6 Å². The Morgan fingerprint density at radius 2 is 2.17 bits per heavy atom. The summed E-state index contributed by atoms with van der Waals surface area (Å²) in [5.41, 5.74) is 2.00. The highest BCUT2D eigenvalue weighted by Gasteiger charge is 2.39. The van der Waals surface area contributed by atoms with Crippen LogP contribution < -0.4 is 4.90 Å². The van der Waals surface area contributed by atoms with Crippen molar-refractivity contribution in [1.82, 2.24) is 24.1 Å². The highest BCUT2D eigenvalue weighted by atomic mass is 15.4. The van der Waals surface area contributed by atoms with E-state index in [-0.39, 0.29) is 0 Å². The number of piperidine rings is 1. The molecule has 2 fully saturated rings. The van der Waals surface area contributed by atoms with Crippen LogP contribution in [0.2, 0.25) is 0 Å². The van der Waals surface area contributed by atoms with Crippen LogP contribution in [0.5, 0.6) is 0 Å². The molecule has 1 aliphatic heterocycles. The minimum absolute atomic E-state index is 0.672. The van der Waals surface area contributed by atoms with E-state index in [2.05, 4.69) is 37.9 Å². The molecule has 0 amide bonds. The second-order valence-electron chi connectivity index (χ2n) is 6.84. The lowest BCUT2D eigenvalue weighted by atomic mass is 10.1. The Hall–Kier alpha value is -2.37. The summed E-state index contributed by atoms with van der Waals surface area (Å²) in [6.07, 6.45) is 8.82. The zero-order valence-electron chi connectivity index (χ0n) is 13.3. The molecule has 3 aromatic heterocycles. The van der Waals surface area contributed by atoms with E-state index in [0.717, 1.165) is 35.6 Å². The van der Waals surface area contributed by atoms with Gasteiger partial charge in [-0.05, 0) is 37.3 Å². The van der Waals surface area contributed by atoms with Gasteiger partial charge < -0.3 is 13.9 Å². The quantitative estimate of drug-likeness (QED) is 0.743. The van der Waals surface area contributed by atoms with Gasteiger partial charge in [0.25, 0.3) is 0 Å². The van der Waals surface area contributed by atoms with Crippen LogP contribution in [0, 0.1) is 5.92 Å². The minimum Gasteiger partial charge on any atom is -0.338 e. The fourth-order valence-corrected chi connectivity index (χ4v) is 4.16. The van der Waals surface area contributed by atoms with Crippen LogP contribution in [0.3, 0.4) is 0 Å². The maximum absolute atomic E-state index is 4.66.